The Morgan fingerprint density at radius 3 is 2.33 bits per heavy atom. The van der Waals surface area contributed by atoms with Crippen LogP contribution in [0.2, 0.25) is 0 Å². The van der Waals surface area contributed by atoms with Crippen LogP contribution in [-0.2, 0) is 13.0 Å². The molecule has 1 aliphatic rings. The molecule has 0 atom stereocenters. The van der Waals surface area contributed by atoms with E-state index in [-0.39, 0.29) is 0 Å². The summed E-state index contributed by atoms with van der Waals surface area (Å²) in [7, 11) is 0. The predicted molar refractivity (Wildman–Crippen MR) is 114 cm³/mol. The van der Waals surface area contributed by atoms with E-state index in [1.807, 2.05) is 0 Å². The highest BCUT2D eigenvalue weighted by Crippen LogP contribution is 2.26. The van der Waals surface area contributed by atoms with Crippen LogP contribution in [0, 0.1) is 6.92 Å². The minimum atomic E-state index is 0.876. The fourth-order valence-corrected chi connectivity index (χ4v) is 3.58. The van der Waals surface area contributed by atoms with Crippen molar-refractivity contribution in [3.8, 4) is 0 Å². The summed E-state index contributed by atoms with van der Waals surface area (Å²) in [5.74, 6) is 0. The lowest BCUT2D eigenvalue weighted by Gasteiger charge is -2.07. The smallest absolute Gasteiger partial charge is 0.0397 e. The molecule has 0 unspecified atom stereocenters. The maximum absolute atomic E-state index is 3.57. The van der Waals surface area contributed by atoms with Gasteiger partial charge in [-0.1, -0.05) is 90.5 Å². The molecule has 0 spiro atoms. The summed E-state index contributed by atoms with van der Waals surface area (Å²) in [4.78, 5) is 0. The van der Waals surface area contributed by atoms with Crippen LogP contribution in [0.15, 0.2) is 96.7 Å². The molecule has 0 aliphatic heterocycles. The second-order valence-corrected chi connectivity index (χ2v) is 7.24. The van der Waals surface area contributed by atoms with E-state index in [1.54, 1.807) is 0 Å². The molecular weight excluding hydrogens is 326 g/mol. The Balaban J connectivity index is 1.43. The molecule has 4 rings (SSSR count). The Morgan fingerprint density at radius 1 is 0.778 bits per heavy atom. The molecule has 27 heavy (non-hydrogen) atoms. The summed E-state index contributed by atoms with van der Waals surface area (Å²) in [5.41, 5.74) is 9.27. The van der Waals surface area contributed by atoms with Crippen LogP contribution in [0.4, 0.5) is 0 Å². The lowest BCUT2D eigenvalue weighted by atomic mass is 9.99. The first kappa shape index (κ1) is 17.4. The first-order valence-electron chi connectivity index (χ1n) is 9.60. The van der Waals surface area contributed by atoms with Crippen LogP contribution >= 0.6 is 0 Å². The number of benzene rings is 3. The largest absolute Gasteiger partial charge is 0.384 e. The molecular formula is C26H25N. The maximum atomic E-state index is 3.57. The maximum Gasteiger partial charge on any atom is 0.0397 e. The van der Waals surface area contributed by atoms with E-state index in [0.717, 1.165) is 19.4 Å². The summed E-state index contributed by atoms with van der Waals surface area (Å²) in [5, 5.41) is 3.57. The van der Waals surface area contributed by atoms with E-state index in [0.29, 0.717) is 0 Å². The Kier molecular flexibility index (Phi) is 5.20. The standard InChI is InChI=1S/C26H25N/c1-20-7-5-10-22(15-20)16-23-11-6-12-24(17-23)25-13-14-26(18-25)27-19-21-8-3-2-4-9-21/h2-13,15,17-18,27H,14,16,19H2,1H3. The summed E-state index contributed by atoms with van der Waals surface area (Å²) >= 11 is 0. The molecule has 3 aromatic carbocycles. The second-order valence-electron chi connectivity index (χ2n) is 7.24. The van der Waals surface area contributed by atoms with Crippen LogP contribution in [0.5, 0.6) is 0 Å². The molecule has 1 N–H and O–H groups in total. The van der Waals surface area contributed by atoms with Gasteiger partial charge in [-0.3, -0.25) is 0 Å². The highest BCUT2D eigenvalue weighted by Gasteiger charge is 2.09. The minimum Gasteiger partial charge on any atom is -0.384 e. The normalized spacial score (nSPS) is 13.2. The van der Waals surface area contributed by atoms with Crippen molar-refractivity contribution in [3.63, 3.8) is 0 Å². The van der Waals surface area contributed by atoms with E-state index in [2.05, 4.69) is 103 Å². The molecule has 0 bridgehead atoms. The summed E-state index contributed by atoms with van der Waals surface area (Å²) in [6.45, 7) is 3.03. The van der Waals surface area contributed by atoms with Crippen LogP contribution in [-0.4, -0.2) is 0 Å². The third kappa shape index (κ3) is 4.57. The van der Waals surface area contributed by atoms with Gasteiger partial charge in [0.05, 0.1) is 0 Å². The van der Waals surface area contributed by atoms with Crippen molar-refractivity contribution >= 4 is 5.57 Å². The third-order valence-electron chi connectivity index (χ3n) is 4.99. The number of hydrogen-bond donors (Lipinski definition) is 1. The van der Waals surface area contributed by atoms with Crippen LogP contribution in [0.25, 0.3) is 5.57 Å². The molecule has 3 aromatic rings. The Bertz CT molecular complexity index is 980. The Labute approximate surface area is 162 Å². The van der Waals surface area contributed by atoms with Crippen molar-refractivity contribution in [2.24, 2.45) is 0 Å². The molecule has 0 saturated carbocycles. The quantitative estimate of drug-likeness (QED) is 0.570. The van der Waals surface area contributed by atoms with Gasteiger partial charge in [0, 0.05) is 18.7 Å². The van der Waals surface area contributed by atoms with Gasteiger partial charge in [-0.15, -0.1) is 0 Å². The van der Waals surface area contributed by atoms with Gasteiger partial charge in [-0.2, -0.15) is 0 Å². The minimum absolute atomic E-state index is 0.876. The first-order valence-corrected chi connectivity index (χ1v) is 9.60. The summed E-state index contributed by atoms with van der Waals surface area (Å²) in [6, 6.07) is 28.2. The highest BCUT2D eigenvalue weighted by molar-refractivity contribution is 5.77. The third-order valence-corrected chi connectivity index (χ3v) is 4.99. The van der Waals surface area contributed by atoms with Crippen molar-refractivity contribution in [1.82, 2.24) is 5.32 Å². The lowest BCUT2D eigenvalue weighted by molar-refractivity contribution is 0.795. The molecule has 1 nitrogen and oxygen atoms in total. The van der Waals surface area contributed by atoms with Gasteiger partial charge in [0.25, 0.3) is 0 Å². The van der Waals surface area contributed by atoms with E-state index in [4.69, 9.17) is 0 Å². The monoisotopic (exact) mass is 351 g/mol. The van der Waals surface area contributed by atoms with Gasteiger partial charge in [0.15, 0.2) is 0 Å². The van der Waals surface area contributed by atoms with E-state index in [1.165, 1.54) is 39.1 Å². The van der Waals surface area contributed by atoms with E-state index >= 15 is 0 Å². The molecule has 0 saturated heterocycles. The van der Waals surface area contributed by atoms with Gasteiger partial charge in [0.2, 0.25) is 0 Å². The number of allylic oxidation sites excluding steroid dienone is 3. The summed E-state index contributed by atoms with van der Waals surface area (Å²) < 4.78 is 0. The highest BCUT2D eigenvalue weighted by atomic mass is 14.9. The number of nitrogens with one attached hydrogen (secondary N) is 1. The topological polar surface area (TPSA) is 12.0 Å². The Morgan fingerprint density at radius 2 is 1.52 bits per heavy atom. The predicted octanol–water partition coefficient (Wildman–Crippen LogP) is 6.05. The second kappa shape index (κ2) is 8.09. The molecule has 134 valence electrons. The van der Waals surface area contributed by atoms with Crippen molar-refractivity contribution in [2.45, 2.75) is 26.3 Å². The van der Waals surface area contributed by atoms with Gasteiger partial charge in [-0.25, -0.2) is 0 Å². The molecule has 0 fully saturated rings. The number of hydrogen-bond acceptors (Lipinski definition) is 1. The average molecular weight is 351 g/mol. The average Bonchev–Trinajstić information content (AvgIpc) is 3.17. The lowest BCUT2D eigenvalue weighted by Crippen LogP contribution is -2.10. The van der Waals surface area contributed by atoms with Crippen LogP contribution in [0.1, 0.15) is 34.2 Å². The van der Waals surface area contributed by atoms with Crippen LogP contribution < -0.4 is 5.32 Å². The molecule has 0 radical (unpaired) electrons. The Hall–Kier alpha value is -3.06. The molecule has 1 aliphatic carbocycles. The number of rotatable bonds is 6. The zero-order valence-corrected chi connectivity index (χ0v) is 15.8. The molecule has 0 heterocycles. The first-order chi connectivity index (χ1) is 13.3. The fourth-order valence-electron chi connectivity index (χ4n) is 3.58. The fraction of sp³-hybridized carbons (Fsp3) is 0.154. The molecule has 0 aromatic heterocycles. The number of aryl methyl sites for hydroxylation is 1. The zero-order valence-electron chi connectivity index (χ0n) is 15.8. The van der Waals surface area contributed by atoms with Crippen molar-refractivity contribution in [3.05, 3.63) is 125 Å². The van der Waals surface area contributed by atoms with Crippen molar-refractivity contribution in [2.75, 3.05) is 0 Å². The van der Waals surface area contributed by atoms with E-state index in [9.17, 15) is 0 Å². The van der Waals surface area contributed by atoms with Gasteiger partial charge < -0.3 is 5.32 Å². The molecule has 1 heteroatoms. The van der Waals surface area contributed by atoms with Crippen molar-refractivity contribution in [1.29, 1.82) is 0 Å². The summed E-state index contributed by atoms with van der Waals surface area (Å²) in [6.07, 6.45) is 6.56. The zero-order chi connectivity index (χ0) is 18.5. The SMILES string of the molecule is Cc1cccc(Cc2cccc(C3=CCC(NCc4ccccc4)=C3)c2)c1. The molecule has 0 amide bonds. The van der Waals surface area contributed by atoms with Gasteiger partial charge in [-0.05, 0) is 47.2 Å². The van der Waals surface area contributed by atoms with E-state index < -0.39 is 0 Å². The van der Waals surface area contributed by atoms with Gasteiger partial charge in [0.1, 0.15) is 0 Å². The van der Waals surface area contributed by atoms with Gasteiger partial charge >= 0.3 is 0 Å². The van der Waals surface area contributed by atoms with Crippen molar-refractivity contribution < 1.29 is 0 Å². The van der Waals surface area contributed by atoms with Crippen LogP contribution in [0.3, 0.4) is 0 Å².